The molecule has 0 spiro atoms. The summed E-state index contributed by atoms with van der Waals surface area (Å²) < 4.78 is 6.53. The van der Waals surface area contributed by atoms with Crippen molar-refractivity contribution in [1.29, 1.82) is 0 Å². The van der Waals surface area contributed by atoms with Crippen LogP contribution < -0.4 is 5.32 Å². The molecule has 21 heavy (non-hydrogen) atoms. The minimum atomic E-state index is -0.482. The number of aryl methyl sites for hydroxylation is 2. The third kappa shape index (κ3) is 4.38. The summed E-state index contributed by atoms with van der Waals surface area (Å²) >= 11 is 1.20. The number of aromatic nitrogens is 3. The van der Waals surface area contributed by atoms with E-state index in [4.69, 9.17) is 4.74 Å². The molecule has 0 aliphatic heterocycles. The van der Waals surface area contributed by atoms with Crippen LogP contribution >= 0.6 is 11.3 Å². The number of thiazole rings is 1. The highest BCUT2D eigenvalue weighted by Crippen LogP contribution is 2.16. The van der Waals surface area contributed by atoms with E-state index in [0.29, 0.717) is 24.6 Å². The molecule has 0 bridgehead atoms. The summed E-state index contributed by atoms with van der Waals surface area (Å²) in [6.07, 6.45) is 4.54. The van der Waals surface area contributed by atoms with E-state index in [-0.39, 0.29) is 11.6 Å². The van der Waals surface area contributed by atoms with Crippen molar-refractivity contribution in [3.8, 4) is 0 Å². The normalized spacial score (nSPS) is 10.4. The third-order valence-corrected chi connectivity index (χ3v) is 3.39. The summed E-state index contributed by atoms with van der Waals surface area (Å²) in [6.45, 7) is 2.02. The first-order valence-electron chi connectivity index (χ1n) is 6.48. The van der Waals surface area contributed by atoms with Crippen molar-refractivity contribution >= 4 is 28.3 Å². The molecule has 2 aromatic rings. The van der Waals surface area contributed by atoms with Gasteiger partial charge in [-0.25, -0.2) is 9.78 Å². The maximum absolute atomic E-state index is 11.8. The molecule has 0 saturated carbocycles. The molecule has 1 N–H and O–H groups in total. The number of carbonyl (C=O) groups excluding carboxylic acids is 2. The van der Waals surface area contributed by atoms with Crippen LogP contribution in [0.5, 0.6) is 0 Å². The average molecular weight is 308 g/mol. The third-order valence-electron chi connectivity index (χ3n) is 2.63. The zero-order valence-electron chi connectivity index (χ0n) is 11.8. The van der Waals surface area contributed by atoms with E-state index < -0.39 is 5.97 Å². The lowest BCUT2D eigenvalue weighted by Crippen LogP contribution is -2.12. The number of amides is 1. The first kappa shape index (κ1) is 15.2. The largest absolute Gasteiger partial charge is 0.461 e. The smallest absolute Gasteiger partial charge is 0.357 e. The van der Waals surface area contributed by atoms with Crippen molar-refractivity contribution in [3.63, 3.8) is 0 Å². The molecule has 0 aliphatic rings. The number of carbonyl (C=O) groups is 2. The van der Waals surface area contributed by atoms with E-state index in [9.17, 15) is 9.59 Å². The fourth-order valence-corrected chi connectivity index (χ4v) is 2.37. The SMILES string of the molecule is CCOC(=O)c1csc(NC(=O)CCc2cnn(C)c2)n1. The molecule has 2 heterocycles. The topological polar surface area (TPSA) is 86.1 Å². The van der Waals surface area contributed by atoms with Gasteiger partial charge in [-0.3, -0.25) is 9.48 Å². The van der Waals surface area contributed by atoms with Crippen molar-refractivity contribution in [1.82, 2.24) is 14.8 Å². The summed E-state index contributed by atoms with van der Waals surface area (Å²) in [7, 11) is 1.83. The van der Waals surface area contributed by atoms with Crippen LogP contribution in [0, 0.1) is 0 Å². The van der Waals surface area contributed by atoms with E-state index in [1.807, 2.05) is 13.2 Å². The van der Waals surface area contributed by atoms with Crippen LogP contribution in [0.3, 0.4) is 0 Å². The van der Waals surface area contributed by atoms with Gasteiger partial charge in [-0.05, 0) is 18.9 Å². The van der Waals surface area contributed by atoms with Crippen molar-refractivity contribution in [2.45, 2.75) is 19.8 Å². The summed E-state index contributed by atoms with van der Waals surface area (Å²) in [4.78, 5) is 27.3. The molecule has 0 saturated heterocycles. The lowest BCUT2D eigenvalue weighted by molar-refractivity contribution is -0.116. The van der Waals surface area contributed by atoms with Crippen LogP contribution in [0.25, 0.3) is 0 Å². The Balaban J connectivity index is 1.84. The Morgan fingerprint density at radius 3 is 2.95 bits per heavy atom. The predicted octanol–water partition coefficient (Wildman–Crippen LogP) is 1.62. The van der Waals surface area contributed by atoms with Gasteiger partial charge in [0.15, 0.2) is 10.8 Å². The van der Waals surface area contributed by atoms with Crippen molar-refractivity contribution in [2.24, 2.45) is 7.05 Å². The molecule has 0 radical (unpaired) electrons. The highest BCUT2D eigenvalue weighted by molar-refractivity contribution is 7.14. The highest BCUT2D eigenvalue weighted by atomic mass is 32.1. The van der Waals surface area contributed by atoms with Crippen LogP contribution in [-0.2, 0) is 23.0 Å². The molecule has 0 atom stereocenters. The van der Waals surface area contributed by atoms with Gasteiger partial charge in [-0.15, -0.1) is 11.3 Å². The van der Waals surface area contributed by atoms with Gasteiger partial charge in [-0.2, -0.15) is 5.10 Å². The Kier molecular flexibility index (Phi) is 5.04. The maximum Gasteiger partial charge on any atom is 0.357 e. The van der Waals surface area contributed by atoms with E-state index in [2.05, 4.69) is 15.4 Å². The fourth-order valence-electron chi connectivity index (χ4n) is 1.67. The number of anilines is 1. The lowest BCUT2D eigenvalue weighted by Gasteiger charge is -2.00. The van der Waals surface area contributed by atoms with Crippen LogP contribution in [0.15, 0.2) is 17.8 Å². The lowest BCUT2D eigenvalue weighted by atomic mass is 10.2. The average Bonchev–Trinajstić information content (AvgIpc) is 3.06. The Morgan fingerprint density at radius 1 is 1.48 bits per heavy atom. The number of ether oxygens (including phenoxy) is 1. The van der Waals surface area contributed by atoms with Gasteiger partial charge in [0.25, 0.3) is 0 Å². The Morgan fingerprint density at radius 2 is 2.29 bits per heavy atom. The van der Waals surface area contributed by atoms with Crippen molar-refractivity contribution < 1.29 is 14.3 Å². The predicted molar refractivity (Wildman–Crippen MR) is 78.2 cm³/mol. The van der Waals surface area contributed by atoms with E-state index in [0.717, 1.165) is 5.56 Å². The summed E-state index contributed by atoms with van der Waals surface area (Å²) in [6, 6.07) is 0. The zero-order chi connectivity index (χ0) is 15.2. The number of nitrogens with one attached hydrogen (secondary N) is 1. The Hall–Kier alpha value is -2.22. The highest BCUT2D eigenvalue weighted by Gasteiger charge is 2.13. The van der Waals surface area contributed by atoms with Crippen LogP contribution in [-0.4, -0.2) is 33.2 Å². The van der Waals surface area contributed by atoms with Crippen LogP contribution in [0.2, 0.25) is 0 Å². The second-order valence-electron chi connectivity index (χ2n) is 4.33. The van der Waals surface area contributed by atoms with E-state index in [1.165, 1.54) is 11.3 Å². The first-order valence-corrected chi connectivity index (χ1v) is 7.36. The second-order valence-corrected chi connectivity index (χ2v) is 5.19. The minimum Gasteiger partial charge on any atom is -0.461 e. The molecule has 0 fully saturated rings. The number of hydrogen-bond donors (Lipinski definition) is 1. The monoisotopic (exact) mass is 308 g/mol. The maximum atomic E-state index is 11.8. The molecule has 112 valence electrons. The second kappa shape index (κ2) is 6.98. The number of hydrogen-bond acceptors (Lipinski definition) is 6. The molecule has 8 heteroatoms. The fraction of sp³-hybridized carbons (Fsp3) is 0.385. The van der Waals surface area contributed by atoms with Gasteiger partial charge < -0.3 is 10.1 Å². The standard InChI is InChI=1S/C13H16N4O3S/c1-3-20-12(19)10-8-21-13(15-10)16-11(18)5-4-9-6-14-17(2)7-9/h6-8H,3-5H2,1-2H3,(H,15,16,18). The number of nitrogens with zero attached hydrogens (tertiary/aromatic N) is 3. The van der Waals surface area contributed by atoms with Gasteiger partial charge in [0.05, 0.1) is 12.8 Å². The zero-order valence-corrected chi connectivity index (χ0v) is 12.6. The number of esters is 1. The molecule has 0 unspecified atom stereocenters. The molecule has 2 aromatic heterocycles. The molecular formula is C13H16N4O3S. The molecule has 1 amide bonds. The van der Waals surface area contributed by atoms with Gasteiger partial charge >= 0.3 is 5.97 Å². The summed E-state index contributed by atoms with van der Waals surface area (Å²) in [5, 5.41) is 8.67. The van der Waals surface area contributed by atoms with Gasteiger partial charge in [-0.1, -0.05) is 0 Å². The van der Waals surface area contributed by atoms with Gasteiger partial charge in [0.1, 0.15) is 0 Å². The quantitative estimate of drug-likeness (QED) is 0.820. The van der Waals surface area contributed by atoms with E-state index >= 15 is 0 Å². The van der Waals surface area contributed by atoms with E-state index in [1.54, 1.807) is 23.2 Å². The van der Waals surface area contributed by atoms with Crippen molar-refractivity contribution in [2.75, 3.05) is 11.9 Å². The minimum absolute atomic E-state index is 0.149. The molecule has 2 rings (SSSR count). The van der Waals surface area contributed by atoms with Gasteiger partial charge in [0, 0.05) is 25.0 Å². The molecule has 0 aliphatic carbocycles. The van der Waals surface area contributed by atoms with Crippen molar-refractivity contribution in [3.05, 3.63) is 29.0 Å². The molecular weight excluding hydrogens is 292 g/mol. The summed E-state index contributed by atoms with van der Waals surface area (Å²) in [5.74, 6) is -0.631. The molecule has 7 nitrogen and oxygen atoms in total. The first-order chi connectivity index (χ1) is 10.1. The number of rotatable bonds is 6. The summed E-state index contributed by atoms with van der Waals surface area (Å²) in [5.41, 5.74) is 1.21. The Bertz CT molecular complexity index is 635. The van der Waals surface area contributed by atoms with Gasteiger partial charge in [0.2, 0.25) is 5.91 Å². The Labute approximate surface area is 125 Å². The van der Waals surface area contributed by atoms with Crippen LogP contribution in [0.4, 0.5) is 5.13 Å². The molecule has 0 aromatic carbocycles. The van der Waals surface area contributed by atoms with Crippen LogP contribution in [0.1, 0.15) is 29.4 Å².